The van der Waals surface area contributed by atoms with E-state index in [9.17, 15) is 8.78 Å². The summed E-state index contributed by atoms with van der Waals surface area (Å²) < 4.78 is 32.1. The standard InChI is InChI=1S/C15H11ClF2N2OS/c1-3-8-7(2)22-6-10(8)15-20-19-14(21-15)9-4-12(17)13(18)5-11(9)16/h4-6H,3H2,1-2H3. The summed E-state index contributed by atoms with van der Waals surface area (Å²) in [6, 6.07) is 1.84. The predicted molar refractivity (Wildman–Crippen MR) is 82.1 cm³/mol. The maximum Gasteiger partial charge on any atom is 0.249 e. The first-order valence-corrected chi connectivity index (χ1v) is 7.82. The largest absolute Gasteiger partial charge is 0.416 e. The molecule has 1 aromatic carbocycles. The van der Waals surface area contributed by atoms with Crippen molar-refractivity contribution in [2.45, 2.75) is 20.3 Å². The van der Waals surface area contributed by atoms with Crippen molar-refractivity contribution in [3.8, 4) is 22.9 Å². The summed E-state index contributed by atoms with van der Waals surface area (Å²) in [4.78, 5) is 1.18. The second kappa shape index (κ2) is 5.78. The molecule has 114 valence electrons. The molecule has 0 saturated carbocycles. The fraction of sp³-hybridized carbons (Fsp3) is 0.200. The van der Waals surface area contributed by atoms with Gasteiger partial charge in [0.15, 0.2) is 11.6 Å². The Morgan fingerprint density at radius 2 is 1.77 bits per heavy atom. The van der Waals surface area contributed by atoms with E-state index in [-0.39, 0.29) is 16.5 Å². The van der Waals surface area contributed by atoms with Crippen LogP contribution in [0.5, 0.6) is 0 Å². The smallest absolute Gasteiger partial charge is 0.249 e. The topological polar surface area (TPSA) is 38.9 Å². The molecule has 0 fully saturated rings. The van der Waals surface area contributed by atoms with Gasteiger partial charge in [0.1, 0.15) is 0 Å². The molecule has 0 radical (unpaired) electrons. The lowest BCUT2D eigenvalue weighted by Gasteiger charge is -2.00. The number of hydrogen-bond acceptors (Lipinski definition) is 4. The van der Waals surface area contributed by atoms with Crippen molar-refractivity contribution < 1.29 is 13.2 Å². The van der Waals surface area contributed by atoms with Crippen molar-refractivity contribution in [3.63, 3.8) is 0 Å². The van der Waals surface area contributed by atoms with Crippen molar-refractivity contribution in [1.82, 2.24) is 10.2 Å². The molecule has 0 atom stereocenters. The first-order chi connectivity index (χ1) is 10.5. The van der Waals surface area contributed by atoms with Gasteiger partial charge >= 0.3 is 0 Å². The molecule has 0 spiro atoms. The lowest BCUT2D eigenvalue weighted by atomic mass is 10.1. The molecule has 2 heterocycles. The maximum atomic E-state index is 13.4. The molecule has 2 aromatic heterocycles. The Balaban J connectivity index is 2.06. The van der Waals surface area contributed by atoms with Crippen LogP contribution in [0.3, 0.4) is 0 Å². The molecule has 0 unspecified atom stereocenters. The number of rotatable bonds is 3. The lowest BCUT2D eigenvalue weighted by Crippen LogP contribution is -1.87. The van der Waals surface area contributed by atoms with Crippen LogP contribution in [0.4, 0.5) is 8.78 Å². The van der Waals surface area contributed by atoms with E-state index in [2.05, 4.69) is 10.2 Å². The van der Waals surface area contributed by atoms with Crippen molar-refractivity contribution in [2.75, 3.05) is 0 Å². The zero-order valence-corrected chi connectivity index (χ0v) is 13.4. The van der Waals surface area contributed by atoms with Crippen LogP contribution in [-0.2, 0) is 6.42 Å². The van der Waals surface area contributed by atoms with E-state index < -0.39 is 11.6 Å². The molecule has 0 amide bonds. The quantitative estimate of drug-likeness (QED) is 0.610. The third-order valence-electron chi connectivity index (χ3n) is 3.35. The monoisotopic (exact) mass is 340 g/mol. The molecule has 3 rings (SSSR count). The Kier molecular flexibility index (Phi) is 3.97. The predicted octanol–water partition coefficient (Wildman–Crippen LogP) is 5.27. The minimum atomic E-state index is -1.02. The molecule has 3 aromatic rings. The molecular formula is C15H11ClF2N2OS. The van der Waals surface area contributed by atoms with E-state index in [4.69, 9.17) is 16.0 Å². The highest BCUT2D eigenvalue weighted by Crippen LogP contribution is 2.34. The van der Waals surface area contributed by atoms with E-state index in [1.54, 1.807) is 11.3 Å². The summed E-state index contributed by atoms with van der Waals surface area (Å²) in [7, 11) is 0. The number of thiophene rings is 1. The molecule has 0 saturated heterocycles. The third kappa shape index (κ3) is 2.53. The van der Waals surface area contributed by atoms with E-state index in [1.807, 2.05) is 19.2 Å². The van der Waals surface area contributed by atoms with E-state index in [1.165, 1.54) is 4.88 Å². The molecular weight excluding hydrogens is 330 g/mol. The Morgan fingerprint density at radius 1 is 1.14 bits per heavy atom. The number of aryl methyl sites for hydroxylation is 1. The Labute approximate surface area is 134 Å². The SMILES string of the molecule is CCc1c(-c2nnc(-c3cc(F)c(F)cc3Cl)o2)csc1C. The summed E-state index contributed by atoms with van der Waals surface area (Å²) in [5.74, 6) is -1.63. The van der Waals surface area contributed by atoms with Crippen LogP contribution < -0.4 is 0 Å². The Hall–Kier alpha value is -1.79. The first-order valence-electron chi connectivity index (χ1n) is 6.57. The van der Waals surface area contributed by atoms with Gasteiger partial charge in [0, 0.05) is 10.3 Å². The average molecular weight is 341 g/mol. The molecule has 0 N–H and O–H groups in total. The second-order valence-electron chi connectivity index (χ2n) is 4.70. The summed E-state index contributed by atoms with van der Waals surface area (Å²) in [6.45, 7) is 4.07. The van der Waals surface area contributed by atoms with E-state index in [0.29, 0.717) is 5.89 Å². The van der Waals surface area contributed by atoms with Crippen LogP contribution in [0.1, 0.15) is 17.4 Å². The summed E-state index contributed by atoms with van der Waals surface area (Å²) in [5, 5.41) is 9.85. The van der Waals surface area contributed by atoms with E-state index >= 15 is 0 Å². The van der Waals surface area contributed by atoms with Gasteiger partial charge in [0.05, 0.1) is 16.1 Å². The van der Waals surface area contributed by atoms with Gasteiger partial charge < -0.3 is 4.42 Å². The molecule has 0 aliphatic heterocycles. The van der Waals surface area contributed by atoms with Gasteiger partial charge in [-0.3, -0.25) is 0 Å². The van der Waals surface area contributed by atoms with E-state index in [0.717, 1.165) is 29.7 Å². The minimum Gasteiger partial charge on any atom is -0.416 e. The van der Waals surface area contributed by atoms with Gasteiger partial charge in [-0.05, 0) is 31.0 Å². The summed E-state index contributed by atoms with van der Waals surface area (Å²) in [6.07, 6.45) is 0.842. The zero-order valence-electron chi connectivity index (χ0n) is 11.8. The second-order valence-corrected chi connectivity index (χ2v) is 6.19. The van der Waals surface area contributed by atoms with Gasteiger partial charge in [-0.25, -0.2) is 8.78 Å². The average Bonchev–Trinajstić information content (AvgIpc) is 3.09. The molecule has 3 nitrogen and oxygen atoms in total. The van der Waals surface area contributed by atoms with Gasteiger partial charge in [0.2, 0.25) is 11.8 Å². The van der Waals surface area contributed by atoms with Crippen LogP contribution in [-0.4, -0.2) is 10.2 Å². The number of aromatic nitrogens is 2. The van der Waals surface area contributed by atoms with Crippen molar-refractivity contribution in [1.29, 1.82) is 0 Å². The lowest BCUT2D eigenvalue weighted by molar-refractivity contribution is 0.508. The van der Waals surface area contributed by atoms with Gasteiger partial charge in [-0.2, -0.15) is 0 Å². The van der Waals surface area contributed by atoms with Crippen molar-refractivity contribution in [3.05, 3.63) is 44.6 Å². The van der Waals surface area contributed by atoms with Crippen LogP contribution in [0.25, 0.3) is 22.9 Å². The van der Waals surface area contributed by atoms with Crippen molar-refractivity contribution >= 4 is 22.9 Å². The fourth-order valence-electron chi connectivity index (χ4n) is 2.23. The number of hydrogen-bond donors (Lipinski definition) is 0. The molecule has 0 aliphatic rings. The third-order valence-corrected chi connectivity index (χ3v) is 4.62. The highest BCUT2D eigenvalue weighted by molar-refractivity contribution is 7.10. The highest BCUT2D eigenvalue weighted by atomic mass is 35.5. The number of nitrogens with zero attached hydrogens (tertiary/aromatic N) is 2. The Morgan fingerprint density at radius 3 is 2.45 bits per heavy atom. The van der Waals surface area contributed by atoms with Gasteiger partial charge in [-0.1, -0.05) is 18.5 Å². The number of halogens is 3. The summed E-state index contributed by atoms with van der Waals surface area (Å²) >= 11 is 7.52. The molecule has 7 heteroatoms. The molecule has 0 bridgehead atoms. The van der Waals surface area contributed by atoms with Crippen LogP contribution in [0, 0.1) is 18.6 Å². The zero-order chi connectivity index (χ0) is 15.9. The minimum absolute atomic E-state index is 0.0197. The fourth-order valence-corrected chi connectivity index (χ4v) is 3.39. The van der Waals surface area contributed by atoms with Gasteiger partial charge in [0.25, 0.3) is 0 Å². The number of benzene rings is 1. The normalized spacial score (nSPS) is 11.1. The van der Waals surface area contributed by atoms with Gasteiger partial charge in [-0.15, -0.1) is 21.5 Å². The van der Waals surface area contributed by atoms with Crippen LogP contribution in [0.15, 0.2) is 21.9 Å². The maximum absolute atomic E-state index is 13.4. The highest BCUT2D eigenvalue weighted by Gasteiger charge is 2.19. The summed E-state index contributed by atoms with van der Waals surface area (Å²) in [5.41, 5.74) is 2.17. The molecule has 22 heavy (non-hydrogen) atoms. The molecule has 0 aliphatic carbocycles. The Bertz CT molecular complexity index is 844. The first kappa shape index (κ1) is 15.1. The van der Waals surface area contributed by atoms with Crippen LogP contribution >= 0.6 is 22.9 Å². The van der Waals surface area contributed by atoms with Crippen LogP contribution in [0.2, 0.25) is 5.02 Å². The van der Waals surface area contributed by atoms with Crippen molar-refractivity contribution in [2.24, 2.45) is 0 Å².